The van der Waals surface area contributed by atoms with E-state index in [1.165, 1.54) is 24.8 Å². The Bertz CT molecular complexity index is 722. The zero-order valence-corrected chi connectivity index (χ0v) is 19.5. The second kappa shape index (κ2) is 11.4. The average molecular weight is 495 g/mol. The molecule has 1 heterocycles. The first-order chi connectivity index (χ1) is 13.2. The van der Waals surface area contributed by atoms with Gasteiger partial charge in [0.05, 0.1) is 6.54 Å². The number of aromatic nitrogens is 2. The van der Waals surface area contributed by atoms with E-state index in [2.05, 4.69) is 70.6 Å². The number of aryl methyl sites for hydroxylation is 2. The third kappa shape index (κ3) is 5.96. The predicted octanol–water partition coefficient (Wildman–Crippen LogP) is 4.27. The van der Waals surface area contributed by atoms with E-state index in [0.29, 0.717) is 0 Å². The number of halogens is 1. The minimum absolute atomic E-state index is 0. The number of aliphatic imine (C=N–C) groups is 1. The van der Waals surface area contributed by atoms with Crippen molar-refractivity contribution in [3.05, 3.63) is 54.1 Å². The molecule has 3 rings (SSSR count). The zero-order chi connectivity index (χ0) is 19.0. The van der Waals surface area contributed by atoms with Crippen LogP contribution in [0.2, 0.25) is 0 Å². The van der Waals surface area contributed by atoms with E-state index >= 15 is 0 Å². The van der Waals surface area contributed by atoms with Crippen LogP contribution in [0.5, 0.6) is 0 Å². The molecule has 0 atom stereocenters. The molecule has 0 bridgehead atoms. The van der Waals surface area contributed by atoms with Crippen LogP contribution in [-0.4, -0.2) is 35.1 Å². The first-order valence-electron chi connectivity index (χ1n) is 10.3. The van der Waals surface area contributed by atoms with Crippen LogP contribution in [0.1, 0.15) is 50.4 Å². The van der Waals surface area contributed by atoms with Crippen LogP contribution >= 0.6 is 24.0 Å². The molecular weight excluding hydrogens is 461 g/mol. The Kier molecular flexibility index (Phi) is 9.28. The van der Waals surface area contributed by atoms with Gasteiger partial charge in [0.25, 0.3) is 0 Å². The molecule has 1 aromatic carbocycles. The quantitative estimate of drug-likeness (QED) is 0.237. The highest BCUT2D eigenvalue weighted by molar-refractivity contribution is 14.0. The standard InChI is InChI=1S/C22H33N5.HI/c1-3-23-21(25-14-7-8-16-27-17-15-24-19(27)2)26-18-22(12-9-13-22)20-10-5-4-6-11-20;/h4-6,10-11,15,17H,3,7-9,12-14,16,18H2,1-2H3,(H2,23,25,26);1H. The van der Waals surface area contributed by atoms with E-state index in [4.69, 9.17) is 4.99 Å². The molecule has 0 aliphatic heterocycles. The van der Waals surface area contributed by atoms with Crippen LogP contribution in [-0.2, 0) is 12.0 Å². The van der Waals surface area contributed by atoms with Crippen LogP contribution < -0.4 is 10.6 Å². The maximum Gasteiger partial charge on any atom is 0.191 e. The van der Waals surface area contributed by atoms with Gasteiger partial charge in [-0.2, -0.15) is 0 Å². The van der Waals surface area contributed by atoms with E-state index in [0.717, 1.165) is 50.8 Å². The molecule has 0 unspecified atom stereocenters. The Morgan fingerprint density at radius 1 is 1.18 bits per heavy atom. The molecule has 1 fully saturated rings. The van der Waals surface area contributed by atoms with Gasteiger partial charge >= 0.3 is 0 Å². The summed E-state index contributed by atoms with van der Waals surface area (Å²) in [5.41, 5.74) is 1.68. The number of imidazole rings is 1. The van der Waals surface area contributed by atoms with Gasteiger partial charge in [0, 0.05) is 37.4 Å². The van der Waals surface area contributed by atoms with Crippen molar-refractivity contribution < 1.29 is 0 Å². The topological polar surface area (TPSA) is 54.2 Å². The van der Waals surface area contributed by atoms with Crippen molar-refractivity contribution in [2.45, 2.75) is 57.9 Å². The Labute approximate surface area is 186 Å². The molecule has 2 aromatic rings. The van der Waals surface area contributed by atoms with Crippen LogP contribution in [0.4, 0.5) is 0 Å². The van der Waals surface area contributed by atoms with Gasteiger partial charge in [-0.15, -0.1) is 24.0 Å². The van der Waals surface area contributed by atoms with Crippen LogP contribution in [0.25, 0.3) is 0 Å². The van der Waals surface area contributed by atoms with Gasteiger partial charge in [-0.3, -0.25) is 4.99 Å². The molecule has 2 N–H and O–H groups in total. The second-order valence-electron chi connectivity index (χ2n) is 7.50. The minimum Gasteiger partial charge on any atom is -0.357 e. The van der Waals surface area contributed by atoms with E-state index in [-0.39, 0.29) is 29.4 Å². The summed E-state index contributed by atoms with van der Waals surface area (Å²) in [7, 11) is 0. The number of guanidine groups is 1. The van der Waals surface area contributed by atoms with E-state index in [1.807, 2.05) is 6.20 Å². The molecule has 1 aliphatic rings. The van der Waals surface area contributed by atoms with Crippen molar-refractivity contribution >= 4 is 29.9 Å². The van der Waals surface area contributed by atoms with Crippen molar-refractivity contribution in [3.8, 4) is 0 Å². The zero-order valence-electron chi connectivity index (χ0n) is 17.2. The highest BCUT2D eigenvalue weighted by Gasteiger charge is 2.38. The van der Waals surface area contributed by atoms with Crippen molar-refractivity contribution in [1.82, 2.24) is 20.2 Å². The molecule has 0 saturated heterocycles. The Balaban J connectivity index is 0.00000280. The van der Waals surface area contributed by atoms with E-state index < -0.39 is 0 Å². The van der Waals surface area contributed by atoms with Crippen LogP contribution in [0, 0.1) is 6.92 Å². The lowest BCUT2D eigenvalue weighted by Crippen LogP contribution is -2.42. The van der Waals surface area contributed by atoms with Gasteiger partial charge in [-0.05, 0) is 45.1 Å². The van der Waals surface area contributed by atoms with Gasteiger partial charge in [-0.1, -0.05) is 36.8 Å². The highest BCUT2D eigenvalue weighted by Crippen LogP contribution is 2.43. The maximum atomic E-state index is 4.92. The number of rotatable bonds is 9. The van der Waals surface area contributed by atoms with Crippen molar-refractivity contribution in [2.75, 3.05) is 19.6 Å². The third-order valence-electron chi connectivity index (χ3n) is 5.62. The summed E-state index contributed by atoms with van der Waals surface area (Å²) in [6.07, 6.45) is 9.96. The first kappa shape index (κ1) is 22.7. The van der Waals surface area contributed by atoms with Crippen molar-refractivity contribution in [1.29, 1.82) is 0 Å². The van der Waals surface area contributed by atoms with Crippen LogP contribution in [0.15, 0.2) is 47.7 Å². The summed E-state index contributed by atoms with van der Waals surface area (Å²) in [5, 5.41) is 6.89. The lowest BCUT2D eigenvalue weighted by atomic mass is 9.64. The minimum atomic E-state index is 0. The lowest BCUT2D eigenvalue weighted by Gasteiger charge is -2.41. The van der Waals surface area contributed by atoms with Gasteiger partial charge in [0.15, 0.2) is 5.96 Å². The number of unbranched alkanes of at least 4 members (excludes halogenated alkanes) is 1. The maximum absolute atomic E-state index is 4.92. The summed E-state index contributed by atoms with van der Waals surface area (Å²) in [6.45, 7) is 7.89. The first-order valence-corrected chi connectivity index (χ1v) is 10.3. The molecule has 0 radical (unpaired) electrons. The van der Waals surface area contributed by atoms with Gasteiger partial charge in [0.2, 0.25) is 0 Å². The molecule has 1 aromatic heterocycles. The van der Waals surface area contributed by atoms with E-state index in [9.17, 15) is 0 Å². The largest absolute Gasteiger partial charge is 0.357 e. The number of benzene rings is 1. The molecule has 5 nitrogen and oxygen atoms in total. The van der Waals surface area contributed by atoms with Crippen molar-refractivity contribution in [3.63, 3.8) is 0 Å². The SMILES string of the molecule is CCNC(=NCC1(c2ccccc2)CCC1)NCCCCn1ccnc1C.I. The summed E-state index contributed by atoms with van der Waals surface area (Å²) < 4.78 is 2.21. The third-order valence-corrected chi connectivity index (χ3v) is 5.62. The van der Waals surface area contributed by atoms with Gasteiger partial charge in [0.1, 0.15) is 5.82 Å². The summed E-state index contributed by atoms with van der Waals surface area (Å²) in [5.74, 6) is 2.03. The summed E-state index contributed by atoms with van der Waals surface area (Å²) in [6, 6.07) is 10.9. The highest BCUT2D eigenvalue weighted by atomic mass is 127. The Morgan fingerprint density at radius 3 is 2.57 bits per heavy atom. The summed E-state index contributed by atoms with van der Waals surface area (Å²) >= 11 is 0. The normalized spacial score (nSPS) is 15.4. The molecule has 6 heteroatoms. The molecule has 154 valence electrons. The molecule has 1 saturated carbocycles. The monoisotopic (exact) mass is 495 g/mol. The number of hydrogen-bond acceptors (Lipinski definition) is 2. The fourth-order valence-electron chi connectivity index (χ4n) is 3.76. The van der Waals surface area contributed by atoms with Crippen molar-refractivity contribution in [2.24, 2.45) is 4.99 Å². The Morgan fingerprint density at radius 2 is 1.96 bits per heavy atom. The lowest BCUT2D eigenvalue weighted by molar-refractivity contribution is 0.253. The van der Waals surface area contributed by atoms with Gasteiger partial charge in [-0.25, -0.2) is 4.98 Å². The second-order valence-corrected chi connectivity index (χ2v) is 7.50. The number of hydrogen-bond donors (Lipinski definition) is 2. The number of nitrogens with one attached hydrogen (secondary N) is 2. The molecule has 28 heavy (non-hydrogen) atoms. The molecule has 1 aliphatic carbocycles. The predicted molar refractivity (Wildman–Crippen MR) is 128 cm³/mol. The molecular formula is C22H34IN5. The summed E-state index contributed by atoms with van der Waals surface area (Å²) in [4.78, 5) is 9.20. The van der Waals surface area contributed by atoms with E-state index in [1.54, 1.807) is 0 Å². The smallest absolute Gasteiger partial charge is 0.191 e. The fraction of sp³-hybridized carbons (Fsp3) is 0.545. The van der Waals surface area contributed by atoms with Gasteiger partial charge < -0.3 is 15.2 Å². The van der Waals surface area contributed by atoms with Crippen LogP contribution in [0.3, 0.4) is 0 Å². The number of nitrogens with zero attached hydrogens (tertiary/aromatic N) is 3. The fourth-order valence-corrected chi connectivity index (χ4v) is 3.76. The molecule has 0 spiro atoms. The average Bonchev–Trinajstić information content (AvgIpc) is 3.06. The Hall–Kier alpha value is -1.57. The molecule has 0 amide bonds.